The first-order valence-electron chi connectivity index (χ1n) is 6.36. The fourth-order valence-corrected chi connectivity index (χ4v) is 3.47. The van der Waals surface area contributed by atoms with Crippen molar-refractivity contribution in [2.45, 2.75) is 0 Å². The third-order valence-electron chi connectivity index (χ3n) is 3.11. The van der Waals surface area contributed by atoms with Gasteiger partial charge < -0.3 is 14.2 Å². The Morgan fingerprint density at radius 2 is 2.09 bits per heavy atom. The highest BCUT2D eigenvalue weighted by molar-refractivity contribution is 9.10. The van der Waals surface area contributed by atoms with Crippen LogP contribution in [0.1, 0.15) is 10.4 Å². The summed E-state index contributed by atoms with van der Waals surface area (Å²) in [6.45, 7) is 0.198. The SMILES string of the molecule is O=C1OC(c2ccc3c(c2)OCO3)=N/C1=C\c1cc(Br)cs1. The number of esters is 1. The molecule has 0 unspecified atom stereocenters. The summed E-state index contributed by atoms with van der Waals surface area (Å²) < 4.78 is 16.8. The second kappa shape index (κ2) is 5.26. The molecule has 0 bridgehead atoms. The molecule has 0 saturated heterocycles. The first-order valence-corrected chi connectivity index (χ1v) is 8.03. The lowest BCUT2D eigenvalue weighted by Gasteiger charge is -2.01. The number of thiophene rings is 1. The van der Waals surface area contributed by atoms with E-state index in [2.05, 4.69) is 20.9 Å². The van der Waals surface area contributed by atoms with Gasteiger partial charge in [-0.1, -0.05) is 0 Å². The van der Waals surface area contributed by atoms with Crippen LogP contribution in [0, 0.1) is 0 Å². The summed E-state index contributed by atoms with van der Waals surface area (Å²) >= 11 is 4.89. The lowest BCUT2D eigenvalue weighted by atomic mass is 10.2. The van der Waals surface area contributed by atoms with Gasteiger partial charge in [-0.25, -0.2) is 9.79 Å². The van der Waals surface area contributed by atoms with E-state index in [1.807, 2.05) is 11.4 Å². The molecule has 22 heavy (non-hydrogen) atoms. The zero-order chi connectivity index (χ0) is 15.1. The summed E-state index contributed by atoms with van der Waals surface area (Å²) in [5.41, 5.74) is 0.954. The van der Waals surface area contributed by atoms with Gasteiger partial charge in [-0.3, -0.25) is 0 Å². The summed E-state index contributed by atoms with van der Waals surface area (Å²) in [5.74, 6) is 1.10. The Labute approximate surface area is 138 Å². The summed E-state index contributed by atoms with van der Waals surface area (Å²) in [6.07, 6.45) is 1.71. The van der Waals surface area contributed by atoms with Crippen molar-refractivity contribution in [3.05, 3.63) is 50.3 Å². The smallest absolute Gasteiger partial charge is 0.363 e. The number of carbonyl (C=O) groups is 1. The normalized spacial score (nSPS) is 17.8. The van der Waals surface area contributed by atoms with Gasteiger partial charge in [0.1, 0.15) is 0 Å². The predicted molar refractivity (Wildman–Crippen MR) is 85.2 cm³/mol. The zero-order valence-corrected chi connectivity index (χ0v) is 13.4. The van der Waals surface area contributed by atoms with Gasteiger partial charge in [0.15, 0.2) is 17.2 Å². The van der Waals surface area contributed by atoms with E-state index in [9.17, 15) is 4.79 Å². The fourth-order valence-electron chi connectivity index (χ4n) is 2.10. The molecule has 4 rings (SSSR count). The third-order valence-corrected chi connectivity index (χ3v) is 4.75. The molecule has 0 amide bonds. The number of cyclic esters (lactones) is 1. The van der Waals surface area contributed by atoms with Crippen LogP contribution >= 0.6 is 27.3 Å². The molecule has 0 radical (unpaired) electrons. The van der Waals surface area contributed by atoms with Crippen LogP contribution in [0.5, 0.6) is 11.5 Å². The van der Waals surface area contributed by atoms with Crippen LogP contribution in [0.25, 0.3) is 6.08 Å². The molecule has 3 heterocycles. The van der Waals surface area contributed by atoms with Gasteiger partial charge in [0.2, 0.25) is 12.7 Å². The molecule has 0 spiro atoms. The highest BCUT2D eigenvalue weighted by Crippen LogP contribution is 2.33. The van der Waals surface area contributed by atoms with E-state index in [4.69, 9.17) is 14.2 Å². The van der Waals surface area contributed by atoms with Gasteiger partial charge in [0.25, 0.3) is 0 Å². The number of hydrogen-bond acceptors (Lipinski definition) is 6. The van der Waals surface area contributed by atoms with Gasteiger partial charge in [-0.2, -0.15) is 0 Å². The van der Waals surface area contributed by atoms with E-state index < -0.39 is 5.97 Å². The van der Waals surface area contributed by atoms with E-state index in [0.717, 1.165) is 9.35 Å². The average molecular weight is 378 g/mol. The average Bonchev–Trinajstić information content (AvgIpc) is 3.20. The molecular formula is C15H8BrNO4S. The Morgan fingerprint density at radius 3 is 2.91 bits per heavy atom. The fraction of sp³-hybridized carbons (Fsp3) is 0.0667. The lowest BCUT2D eigenvalue weighted by Crippen LogP contribution is -2.05. The number of ether oxygens (including phenoxy) is 3. The first-order chi connectivity index (χ1) is 10.7. The lowest BCUT2D eigenvalue weighted by molar-refractivity contribution is -0.129. The van der Waals surface area contributed by atoms with Gasteiger partial charge in [0.05, 0.1) is 0 Å². The Kier molecular flexibility index (Phi) is 3.24. The zero-order valence-electron chi connectivity index (χ0n) is 11.0. The molecule has 0 aliphatic carbocycles. The summed E-state index contributed by atoms with van der Waals surface area (Å²) in [4.78, 5) is 17.1. The number of aliphatic imine (C=N–C) groups is 1. The molecule has 5 nitrogen and oxygen atoms in total. The molecular weight excluding hydrogens is 370 g/mol. The first kappa shape index (κ1) is 13.5. The molecule has 7 heteroatoms. The van der Waals surface area contributed by atoms with Gasteiger partial charge in [-0.05, 0) is 46.3 Å². The van der Waals surface area contributed by atoms with E-state index in [-0.39, 0.29) is 18.4 Å². The minimum atomic E-state index is -0.461. The molecule has 0 N–H and O–H groups in total. The van der Waals surface area contributed by atoms with E-state index in [1.165, 1.54) is 11.3 Å². The highest BCUT2D eigenvalue weighted by Gasteiger charge is 2.26. The minimum Gasteiger partial charge on any atom is -0.454 e. The summed E-state index contributed by atoms with van der Waals surface area (Å²) in [5, 5.41) is 1.94. The molecule has 0 atom stereocenters. The third kappa shape index (κ3) is 2.42. The molecule has 2 aliphatic heterocycles. The standard InChI is InChI=1S/C15H8BrNO4S/c16-9-4-10(22-6-9)5-11-15(18)21-14(17-11)8-1-2-12-13(3-8)20-7-19-12/h1-6H,7H2/b11-5-. The van der Waals surface area contributed by atoms with E-state index in [1.54, 1.807) is 24.3 Å². The minimum absolute atomic E-state index is 0.198. The predicted octanol–water partition coefficient (Wildman–Crippen LogP) is 3.58. The van der Waals surface area contributed by atoms with Crippen molar-refractivity contribution < 1.29 is 19.0 Å². The van der Waals surface area contributed by atoms with Crippen LogP contribution in [0.2, 0.25) is 0 Å². The molecule has 1 aromatic carbocycles. The second-order valence-electron chi connectivity index (χ2n) is 4.57. The summed E-state index contributed by atoms with van der Waals surface area (Å²) in [6, 6.07) is 7.22. The Bertz CT molecular complexity index is 840. The van der Waals surface area contributed by atoms with Crippen molar-refractivity contribution in [3.8, 4) is 11.5 Å². The Hall–Kier alpha value is -2.12. The van der Waals surface area contributed by atoms with E-state index in [0.29, 0.717) is 17.1 Å². The van der Waals surface area contributed by atoms with E-state index >= 15 is 0 Å². The van der Waals surface area contributed by atoms with Gasteiger partial charge >= 0.3 is 5.97 Å². The van der Waals surface area contributed by atoms with Crippen LogP contribution < -0.4 is 9.47 Å². The Morgan fingerprint density at radius 1 is 1.23 bits per heavy atom. The highest BCUT2D eigenvalue weighted by atomic mass is 79.9. The molecule has 0 fully saturated rings. The van der Waals surface area contributed by atoms with Crippen LogP contribution in [0.3, 0.4) is 0 Å². The number of carbonyl (C=O) groups excluding carboxylic acids is 1. The van der Waals surface area contributed by atoms with Crippen molar-refractivity contribution >= 4 is 45.2 Å². The second-order valence-corrected chi connectivity index (χ2v) is 6.43. The van der Waals surface area contributed by atoms with Crippen LogP contribution in [0.4, 0.5) is 0 Å². The van der Waals surface area contributed by atoms with Gasteiger partial charge in [0, 0.05) is 20.3 Å². The van der Waals surface area contributed by atoms with Crippen molar-refractivity contribution in [1.82, 2.24) is 0 Å². The van der Waals surface area contributed by atoms with Crippen molar-refractivity contribution in [1.29, 1.82) is 0 Å². The number of halogens is 1. The maximum absolute atomic E-state index is 11.9. The molecule has 2 aromatic rings. The Balaban J connectivity index is 1.67. The number of rotatable bonds is 2. The molecule has 1 aromatic heterocycles. The van der Waals surface area contributed by atoms with Gasteiger partial charge in [-0.15, -0.1) is 11.3 Å². The molecule has 110 valence electrons. The maximum Gasteiger partial charge on any atom is 0.363 e. The van der Waals surface area contributed by atoms with Crippen LogP contribution in [-0.4, -0.2) is 18.7 Å². The maximum atomic E-state index is 11.9. The van der Waals surface area contributed by atoms with Crippen molar-refractivity contribution in [2.24, 2.45) is 4.99 Å². The van der Waals surface area contributed by atoms with Crippen LogP contribution in [0.15, 0.2) is 44.8 Å². The number of fused-ring (bicyclic) bond motifs is 1. The number of nitrogens with zero attached hydrogens (tertiary/aromatic N) is 1. The molecule has 2 aliphatic rings. The topological polar surface area (TPSA) is 57.1 Å². The monoisotopic (exact) mass is 377 g/mol. The number of benzene rings is 1. The molecule has 0 saturated carbocycles. The summed E-state index contributed by atoms with van der Waals surface area (Å²) in [7, 11) is 0. The number of hydrogen-bond donors (Lipinski definition) is 0. The quantitative estimate of drug-likeness (QED) is 0.592. The largest absolute Gasteiger partial charge is 0.454 e. The van der Waals surface area contributed by atoms with Crippen molar-refractivity contribution in [3.63, 3.8) is 0 Å². The van der Waals surface area contributed by atoms with Crippen molar-refractivity contribution in [2.75, 3.05) is 6.79 Å². The van der Waals surface area contributed by atoms with Crippen LogP contribution in [-0.2, 0) is 9.53 Å².